The number of rotatable bonds is 6. The molecule has 0 bridgehead atoms. The van der Waals surface area contributed by atoms with Gasteiger partial charge in [0, 0.05) is 12.5 Å². The fourth-order valence-corrected chi connectivity index (χ4v) is 2.10. The summed E-state index contributed by atoms with van der Waals surface area (Å²) in [5.41, 5.74) is 0.437. The molecule has 118 valence electrons. The van der Waals surface area contributed by atoms with E-state index in [1.165, 1.54) is 4.68 Å². The van der Waals surface area contributed by atoms with Gasteiger partial charge in [0.25, 0.3) is 5.56 Å². The lowest BCUT2D eigenvalue weighted by atomic mass is 10.1. The van der Waals surface area contributed by atoms with Gasteiger partial charge in [0.05, 0.1) is 37.4 Å². The minimum atomic E-state index is -0.511. The number of benzene rings is 1. The van der Waals surface area contributed by atoms with E-state index in [9.17, 15) is 9.59 Å². The molecule has 1 amide bonds. The van der Waals surface area contributed by atoms with Crippen molar-refractivity contribution in [3.63, 3.8) is 0 Å². The number of ether oxygens (including phenoxy) is 2. The fourth-order valence-electron chi connectivity index (χ4n) is 2.10. The summed E-state index contributed by atoms with van der Waals surface area (Å²) in [5.74, 6) is 0. The predicted molar refractivity (Wildman–Crippen MR) is 81.7 cm³/mol. The predicted octanol–water partition coefficient (Wildman–Crippen LogP) is 1.29. The number of hydrogen-bond acceptors (Lipinski definition) is 5. The van der Waals surface area contributed by atoms with Crippen LogP contribution in [-0.2, 0) is 22.6 Å². The van der Waals surface area contributed by atoms with Crippen LogP contribution in [0.2, 0.25) is 0 Å². The Labute approximate surface area is 127 Å². The van der Waals surface area contributed by atoms with Crippen LogP contribution in [-0.4, -0.2) is 36.2 Å². The van der Waals surface area contributed by atoms with E-state index in [0.717, 1.165) is 5.39 Å². The second-order valence-electron chi connectivity index (χ2n) is 4.59. The summed E-state index contributed by atoms with van der Waals surface area (Å²) in [7, 11) is 1.56. The third kappa shape index (κ3) is 3.62. The number of amides is 1. The lowest BCUT2D eigenvalue weighted by molar-refractivity contribution is 0.151. The lowest BCUT2D eigenvalue weighted by Crippen LogP contribution is -2.29. The first-order valence-corrected chi connectivity index (χ1v) is 7.05. The largest absolute Gasteiger partial charge is 0.450 e. The molecule has 7 nitrogen and oxygen atoms in total. The van der Waals surface area contributed by atoms with Crippen molar-refractivity contribution in [1.29, 1.82) is 0 Å². The number of fused-ring (bicyclic) bond motifs is 1. The van der Waals surface area contributed by atoms with Crippen molar-refractivity contribution in [1.82, 2.24) is 15.1 Å². The van der Waals surface area contributed by atoms with Gasteiger partial charge < -0.3 is 14.8 Å². The Morgan fingerprint density at radius 1 is 1.32 bits per heavy atom. The average Bonchev–Trinajstić information content (AvgIpc) is 2.53. The Balaban J connectivity index is 2.36. The zero-order valence-corrected chi connectivity index (χ0v) is 12.7. The van der Waals surface area contributed by atoms with Gasteiger partial charge in [-0.1, -0.05) is 18.2 Å². The molecule has 0 atom stereocenters. The molecule has 0 radical (unpaired) electrons. The summed E-state index contributed by atoms with van der Waals surface area (Å²) in [6, 6.07) is 7.19. The maximum atomic E-state index is 12.4. The molecule has 0 saturated heterocycles. The fraction of sp³-hybridized carbons (Fsp3) is 0.400. The minimum Gasteiger partial charge on any atom is -0.450 e. The second-order valence-corrected chi connectivity index (χ2v) is 4.59. The summed E-state index contributed by atoms with van der Waals surface area (Å²) in [4.78, 5) is 23.8. The number of nitrogens with zero attached hydrogens (tertiary/aromatic N) is 2. The van der Waals surface area contributed by atoms with E-state index in [-0.39, 0.29) is 12.1 Å². The molecular weight excluding hydrogens is 286 g/mol. The molecular formula is C15H19N3O4. The van der Waals surface area contributed by atoms with E-state index >= 15 is 0 Å². The molecule has 0 aliphatic heterocycles. The maximum absolute atomic E-state index is 12.4. The monoisotopic (exact) mass is 305 g/mol. The molecule has 7 heteroatoms. The molecule has 0 spiro atoms. The SMILES string of the molecule is CCOC(=O)NCc1nn(CCOC)c(=O)c2ccccc12. The van der Waals surface area contributed by atoms with Crippen LogP contribution in [0.1, 0.15) is 12.6 Å². The first-order valence-electron chi connectivity index (χ1n) is 7.05. The Bertz CT molecular complexity index is 711. The Morgan fingerprint density at radius 3 is 2.73 bits per heavy atom. The normalized spacial score (nSPS) is 10.6. The molecule has 0 fully saturated rings. The first-order chi connectivity index (χ1) is 10.7. The number of hydrogen-bond donors (Lipinski definition) is 1. The average molecular weight is 305 g/mol. The van der Waals surface area contributed by atoms with E-state index in [1.807, 2.05) is 12.1 Å². The zero-order chi connectivity index (χ0) is 15.9. The Kier molecular flexibility index (Phi) is 5.48. The number of nitrogens with one attached hydrogen (secondary N) is 1. The van der Waals surface area contributed by atoms with Crippen molar-refractivity contribution in [2.75, 3.05) is 20.3 Å². The molecule has 0 aliphatic rings. The topological polar surface area (TPSA) is 82.4 Å². The molecule has 1 aromatic carbocycles. The van der Waals surface area contributed by atoms with Gasteiger partial charge in [0.1, 0.15) is 0 Å². The van der Waals surface area contributed by atoms with Gasteiger partial charge in [-0.25, -0.2) is 9.48 Å². The van der Waals surface area contributed by atoms with Gasteiger partial charge in [0.15, 0.2) is 0 Å². The summed E-state index contributed by atoms with van der Waals surface area (Å²) in [6.07, 6.45) is -0.511. The van der Waals surface area contributed by atoms with Crippen LogP contribution in [0.15, 0.2) is 29.1 Å². The molecule has 22 heavy (non-hydrogen) atoms. The van der Waals surface area contributed by atoms with Crippen LogP contribution in [0.5, 0.6) is 0 Å². The third-order valence-corrected chi connectivity index (χ3v) is 3.13. The van der Waals surface area contributed by atoms with E-state index in [4.69, 9.17) is 9.47 Å². The number of alkyl carbamates (subject to hydrolysis) is 1. The highest BCUT2D eigenvalue weighted by molar-refractivity contribution is 5.83. The second kappa shape index (κ2) is 7.56. The molecule has 1 heterocycles. The Hall–Kier alpha value is -2.41. The van der Waals surface area contributed by atoms with Crippen LogP contribution in [0.3, 0.4) is 0 Å². The van der Waals surface area contributed by atoms with Crippen molar-refractivity contribution in [2.45, 2.75) is 20.0 Å². The van der Waals surface area contributed by atoms with Crippen molar-refractivity contribution < 1.29 is 14.3 Å². The molecule has 2 aromatic rings. The smallest absolute Gasteiger partial charge is 0.407 e. The van der Waals surface area contributed by atoms with Crippen molar-refractivity contribution >= 4 is 16.9 Å². The quantitative estimate of drug-likeness (QED) is 0.869. The molecule has 0 aliphatic carbocycles. The first kappa shape index (κ1) is 16.0. The third-order valence-electron chi connectivity index (χ3n) is 3.13. The highest BCUT2D eigenvalue weighted by Crippen LogP contribution is 2.13. The van der Waals surface area contributed by atoms with Gasteiger partial charge in [-0.15, -0.1) is 0 Å². The van der Waals surface area contributed by atoms with E-state index < -0.39 is 6.09 Å². The van der Waals surface area contributed by atoms with Crippen molar-refractivity contribution in [3.8, 4) is 0 Å². The summed E-state index contributed by atoms with van der Waals surface area (Å²) in [5, 5.41) is 8.23. The Morgan fingerprint density at radius 2 is 2.05 bits per heavy atom. The number of aromatic nitrogens is 2. The van der Waals surface area contributed by atoms with Gasteiger partial charge in [-0.3, -0.25) is 4.79 Å². The van der Waals surface area contributed by atoms with Crippen LogP contribution in [0.4, 0.5) is 4.79 Å². The maximum Gasteiger partial charge on any atom is 0.407 e. The van der Waals surface area contributed by atoms with Crippen molar-refractivity contribution in [3.05, 3.63) is 40.3 Å². The van der Waals surface area contributed by atoms with Crippen LogP contribution in [0.25, 0.3) is 10.8 Å². The molecule has 2 rings (SSSR count). The zero-order valence-electron chi connectivity index (χ0n) is 12.7. The van der Waals surface area contributed by atoms with Gasteiger partial charge in [-0.2, -0.15) is 5.10 Å². The van der Waals surface area contributed by atoms with Gasteiger partial charge >= 0.3 is 6.09 Å². The van der Waals surface area contributed by atoms with E-state index in [1.54, 1.807) is 26.2 Å². The lowest BCUT2D eigenvalue weighted by Gasteiger charge is -2.11. The van der Waals surface area contributed by atoms with E-state index in [0.29, 0.717) is 30.8 Å². The van der Waals surface area contributed by atoms with Gasteiger partial charge in [-0.05, 0) is 13.0 Å². The van der Waals surface area contributed by atoms with Crippen LogP contribution >= 0.6 is 0 Å². The van der Waals surface area contributed by atoms with Crippen molar-refractivity contribution in [2.24, 2.45) is 0 Å². The van der Waals surface area contributed by atoms with E-state index in [2.05, 4.69) is 10.4 Å². The van der Waals surface area contributed by atoms with Crippen LogP contribution in [0, 0.1) is 0 Å². The standard InChI is InChI=1S/C15H19N3O4/c1-3-22-15(20)16-10-13-11-6-4-5-7-12(11)14(19)18(17-13)8-9-21-2/h4-7H,3,8-10H2,1-2H3,(H,16,20). The summed E-state index contributed by atoms with van der Waals surface area (Å²) < 4.78 is 11.2. The van der Waals surface area contributed by atoms with Crippen LogP contribution < -0.4 is 10.9 Å². The number of carbonyl (C=O) groups excluding carboxylic acids is 1. The number of methoxy groups -OCH3 is 1. The number of carbonyl (C=O) groups is 1. The molecule has 1 N–H and O–H groups in total. The van der Waals surface area contributed by atoms with Gasteiger partial charge in [0.2, 0.25) is 0 Å². The molecule has 0 saturated carbocycles. The highest BCUT2D eigenvalue weighted by Gasteiger charge is 2.11. The molecule has 1 aromatic heterocycles. The summed E-state index contributed by atoms with van der Waals surface area (Å²) >= 11 is 0. The summed E-state index contributed by atoms with van der Waals surface area (Å²) in [6.45, 7) is 2.96. The minimum absolute atomic E-state index is 0.174. The highest BCUT2D eigenvalue weighted by atomic mass is 16.5. The molecule has 0 unspecified atom stereocenters.